The highest BCUT2D eigenvalue weighted by molar-refractivity contribution is 6.08. The second-order valence-electron chi connectivity index (χ2n) is 6.25. The van der Waals surface area contributed by atoms with E-state index in [0.717, 1.165) is 42.7 Å². The lowest BCUT2D eigenvalue weighted by atomic mass is 10.0. The van der Waals surface area contributed by atoms with E-state index in [9.17, 15) is 31.1 Å². The van der Waals surface area contributed by atoms with Gasteiger partial charge in [0.15, 0.2) is 5.78 Å². The van der Waals surface area contributed by atoms with Crippen LogP contribution >= 0.6 is 0 Å². The average Bonchev–Trinajstić information content (AvgIpc) is 2.71. The topological polar surface area (TPSA) is 64.1 Å². The number of hydrogen-bond donors (Lipinski definition) is 1. The fraction of sp³-hybridized carbons (Fsp3) is 0.150. The molecule has 3 aromatic rings. The zero-order chi connectivity index (χ0) is 22.6. The summed E-state index contributed by atoms with van der Waals surface area (Å²) in [5.74, 6) is -0.904. The number of alkyl halides is 6. The Morgan fingerprint density at radius 2 is 1.55 bits per heavy atom. The zero-order valence-electron chi connectivity index (χ0n) is 15.5. The van der Waals surface area contributed by atoms with Crippen molar-refractivity contribution in [2.24, 2.45) is 0 Å². The van der Waals surface area contributed by atoms with Crippen LogP contribution in [-0.2, 0) is 12.7 Å². The van der Waals surface area contributed by atoms with E-state index in [1.165, 1.54) is 18.2 Å². The average molecular weight is 441 g/mol. The molecule has 0 spiro atoms. The highest BCUT2D eigenvalue weighted by Gasteiger charge is 2.31. The van der Waals surface area contributed by atoms with Gasteiger partial charge in [-0.2, -0.15) is 13.2 Å². The smallest absolute Gasteiger partial charge is 0.406 e. The van der Waals surface area contributed by atoms with Crippen molar-refractivity contribution >= 4 is 11.7 Å². The predicted molar refractivity (Wildman–Crippen MR) is 97.4 cm³/mol. The Balaban J connectivity index is 1.62. The molecule has 0 unspecified atom stereocenters. The maximum Gasteiger partial charge on any atom is 0.573 e. The highest BCUT2D eigenvalue weighted by Crippen LogP contribution is 2.30. The van der Waals surface area contributed by atoms with Crippen molar-refractivity contribution in [1.29, 1.82) is 0 Å². The number of aromatic nitrogens is 2. The van der Waals surface area contributed by atoms with Gasteiger partial charge >= 0.3 is 12.5 Å². The molecular formula is C20H13F6N3O2. The lowest BCUT2D eigenvalue weighted by molar-refractivity contribution is -0.274. The molecule has 1 N–H and O–H groups in total. The van der Waals surface area contributed by atoms with Gasteiger partial charge in [0.2, 0.25) is 5.95 Å². The van der Waals surface area contributed by atoms with Crippen LogP contribution in [0.1, 0.15) is 27.0 Å². The molecule has 1 heterocycles. The molecule has 0 aliphatic rings. The molecule has 1 aromatic heterocycles. The number of nitrogens with one attached hydrogen (secondary N) is 1. The van der Waals surface area contributed by atoms with Gasteiger partial charge in [-0.1, -0.05) is 24.3 Å². The Hall–Kier alpha value is -3.63. The van der Waals surface area contributed by atoms with Gasteiger partial charge < -0.3 is 10.1 Å². The van der Waals surface area contributed by atoms with E-state index in [-0.39, 0.29) is 29.4 Å². The number of ether oxygens (including phenoxy) is 1. The minimum absolute atomic E-state index is 0.00136. The summed E-state index contributed by atoms with van der Waals surface area (Å²) >= 11 is 0. The van der Waals surface area contributed by atoms with E-state index >= 15 is 0 Å². The number of nitrogens with zero attached hydrogens (tertiary/aromatic N) is 2. The normalized spacial score (nSPS) is 11.8. The van der Waals surface area contributed by atoms with Gasteiger partial charge in [-0.3, -0.25) is 4.79 Å². The molecule has 3 rings (SSSR count). The highest BCUT2D eigenvalue weighted by atomic mass is 19.4. The molecule has 31 heavy (non-hydrogen) atoms. The van der Waals surface area contributed by atoms with E-state index < -0.39 is 23.9 Å². The third-order valence-electron chi connectivity index (χ3n) is 3.97. The standard InChI is InChI=1S/C20H13F6N3O2/c21-19(22,23)15-3-1-2-13(8-15)17(30)14-10-28-18(29-11-14)27-9-12-4-6-16(7-5-12)31-20(24,25)26/h1-8,10-11H,9H2,(H,27,28,29). The summed E-state index contributed by atoms with van der Waals surface area (Å²) < 4.78 is 78.7. The van der Waals surface area contributed by atoms with Gasteiger partial charge in [0.25, 0.3) is 0 Å². The van der Waals surface area contributed by atoms with Crippen molar-refractivity contribution in [2.45, 2.75) is 19.1 Å². The van der Waals surface area contributed by atoms with Gasteiger partial charge in [-0.15, -0.1) is 13.2 Å². The number of benzene rings is 2. The summed E-state index contributed by atoms with van der Waals surface area (Å²) in [5, 5.41) is 2.82. The van der Waals surface area contributed by atoms with Crippen LogP contribution in [0.15, 0.2) is 60.9 Å². The Kier molecular flexibility index (Phi) is 6.14. The van der Waals surface area contributed by atoms with Crippen LogP contribution in [0, 0.1) is 0 Å². The fourth-order valence-corrected chi connectivity index (χ4v) is 2.53. The van der Waals surface area contributed by atoms with Gasteiger partial charge in [0, 0.05) is 24.5 Å². The molecule has 0 amide bonds. The molecule has 162 valence electrons. The fourth-order valence-electron chi connectivity index (χ4n) is 2.53. The summed E-state index contributed by atoms with van der Waals surface area (Å²) in [7, 11) is 0. The number of carbonyl (C=O) groups excluding carboxylic acids is 1. The molecular weight excluding hydrogens is 428 g/mol. The van der Waals surface area contributed by atoms with Crippen LogP contribution in [0.25, 0.3) is 0 Å². The van der Waals surface area contributed by atoms with Gasteiger partial charge in [0.1, 0.15) is 5.75 Å². The van der Waals surface area contributed by atoms with E-state index in [2.05, 4.69) is 20.0 Å². The molecule has 0 saturated carbocycles. The first kappa shape index (κ1) is 22.1. The molecule has 0 bridgehead atoms. The second-order valence-corrected chi connectivity index (χ2v) is 6.25. The molecule has 5 nitrogen and oxygen atoms in total. The number of halogens is 6. The van der Waals surface area contributed by atoms with Crippen molar-refractivity contribution in [1.82, 2.24) is 9.97 Å². The molecule has 0 aliphatic carbocycles. The molecule has 11 heteroatoms. The number of hydrogen-bond acceptors (Lipinski definition) is 5. The first-order valence-electron chi connectivity index (χ1n) is 8.64. The van der Waals surface area contributed by atoms with Crippen molar-refractivity contribution in [3.63, 3.8) is 0 Å². The monoisotopic (exact) mass is 441 g/mol. The lowest BCUT2D eigenvalue weighted by Crippen LogP contribution is -2.17. The Morgan fingerprint density at radius 3 is 2.13 bits per heavy atom. The van der Waals surface area contributed by atoms with E-state index in [1.807, 2.05) is 0 Å². The number of ketones is 1. The van der Waals surface area contributed by atoms with Crippen molar-refractivity contribution in [2.75, 3.05) is 5.32 Å². The molecule has 2 aromatic carbocycles. The number of anilines is 1. The molecule has 0 saturated heterocycles. The quantitative estimate of drug-likeness (QED) is 0.419. The van der Waals surface area contributed by atoms with Gasteiger partial charge in [-0.05, 0) is 29.8 Å². The maximum atomic E-state index is 12.8. The van der Waals surface area contributed by atoms with Crippen LogP contribution in [0.5, 0.6) is 5.75 Å². The summed E-state index contributed by atoms with van der Waals surface area (Å²) in [4.78, 5) is 20.3. The largest absolute Gasteiger partial charge is 0.573 e. The number of carbonyl (C=O) groups is 1. The van der Waals surface area contributed by atoms with Crippen LogP contribution in [0.2, 0.25) is 0 Å². The van der Waals surface area contributed by atoms with Gasteiger partial charge in [0.05, 0.1) is 11.1 Å². The molecule has 0 atom stereocenters. The minimum atomic E-state index is -4.78. The van der Waals surface area contributed by atoms with Crippen LogP contribution in [0.4, 0.5) is 32.3 Å². The Morgan fingerprint density at radius 1 is 0.903 bits per heavy atom. The molecule has 0 radical (unpaired) electrons. The van der Waals surface area contributed by atoms with E-state index in [1.54, 1.807) is 0 Å². The maximum absolute atomic E-state index is 12.8. The first-order valence-corrected chi connectivity index (χ1v) is 8.64. The third-order valence-corrected chi connectivity index (χ3v) is 3.97. The first-order chi connectivity index (χ1) is 14.5. The summed E-state index contributed by atoms with van der Waals surface area (Å²) in [5.41, 5.74) is -0.481. The summed E-state index contributed by atoms with van der Waals surface area (Å²) in [6.07, 6.45) is -7.02. The van der Waals surface area contributed by atoms with Crippen LogP contribution in [-0.4, -0.2) is 22.1 Å². The number of rotatable bonds is 6. The second kappa shape index (κ2) is 8.62. The zero-order valence-corrected chi connectivity index (χ0v) is 15.5. The van der Waals surface area contributed by atoms with Crippen molar-refractivity contribution in [3.05, 3.63) is 83.2 Å². The van der Waals surface area contributed by atoms with E-state index in [4.69, 9.17) is 0 Å². The summed E-state index contributed by atoms with van der Waals surface area (Å²) in [6, 6.07) is 9.15. The predicted octanol–water partition coefficient (Wildman–Crippen LogP) is 5.24. The van der Waals surface area contributed by atoms with E-state index in [0.29, 0.717) is 5.56 Å². The van der Waals surface area contributed by atoms with Crippen molar-refractivity contribution < 1.29 is 35.9 Å². The molecule has 0 fully saturated rings. The summed E-state index contributed by atoms with van der Waals surface area (Å²) in [6.45, 7) is 0.174. The lowest BCUT2D eigenvalue weighted by Gasteiger charge is -2.10. The van der Waals surface area contributed by atoms with Crippen LogP contribution < -0.4 is 10.1 Å². The Bertz CT molecular complexity index is 1050. The minimum Gasteiger partial charge on any atom is -0.406 e. The van der Waals surface area contributed by atoms with Crippen molar-refractivity contribution in [3.8, 4) is 5.75 Å². The van der Waals surface area contributed by atoms with Crippen LogP contribution in [0.3, 0.4) is 0 Å². The SMILES string of the molecule is O=C(c1cnc(NCc2ccc(OC(F)(F)F)cc2)nc1)c1cccc(C(F)(F)F)c1. The third kappa shape index (κ3) is 6.17. The molecule has 0 aliphatic heterocycles. The Labute approximate surface area is 171 Å². The van der Waals surface area contributed by atoms with Gasteiger partial charge in [-0.25, -0.2) is 9.97 Å².